The Bertz CT molecular complexity index is 1080. The summed E-state index contributed by atoms with van der Waals surface area (Å²) in [6, 6.07) is 9.30. The van der Waals surface area contributed by atoms with Crippen LogP contribution in [0.15, 0.2) is 39.8 Å². The molecular formula is C21H23BrN2O4S. The van der Waals surface area contributed by atoms with Crippen molar-refractivity contribution in [1.29, 1.82) is 0 Å². The van der Waals surface area contributed by atoms with E-state index < -0.39 is 0 Å². The summed E-state index contributed by atoms with van der Waals surface area (Å²) >= 11 is 4.94. The van der Waals surface area contributed by atoms with E-state index >= 15 is 0 Å². The maximum atomic E-state index is 13.0. The fraction of sp³-hybridized carbons (Fsp3) is 0.333. The van der Waals surface area contributed by atoms with Crippen LogP contribution in [0.1, 0.15) is 31.1 Å². The molecule has 0 bridgehead atoms. The van der Waals surface area contributed by atoms with Crippen LogP contribution < -0.4 is 19.0 Å². The minimum atomic E-state index is -0.365. The molecule has 0 aliphatic carbocycles. The molecule has 2 aromatic carbocycles. The van der Waals surface area contributed by atoms with Gasteiger partial charge in [-0.15, -0.1) is 0 Å². The highest BCUT2D eigenvalue weighted by molar-refractivity contribution is 9.10. The summed E-state index contributed by atoms with van der Waals surface area (Å²) in [6.07, 6.45) is 0. The predicted octanol–water partition coefficient (Wildman–Crippen LogP) is 4.94. The highest BCUT2D eigenvalue weighted by Crippen LogP contribution is 2.39. The van der Waals surface area contributed by atoms with Crippen molar-refractivity contribution < 1.29 is 19.0 Å². The summed E-state index contributed by atoms with van der Waals surface area (Å²) < 4.78 is 21.0. The van der Waals surface area contributed by atoms with Gasteiger partial charge in [-0.3, -0.25) is 4.79 Å². The summed E-state index contributed by atoms with van der Waals surface area (Å²) in [5.74, 6) is 1.09. The number of thiazole rings is 1. The number of carbonyl (C=O) groups excluding carboxylic acids is 1. The third-order valence-electron chi connectivity index (χ3n) is 4.12. The van der Waals surface area contributed by atoms with Crippen molar-refractivity contribution in [2.45, 2.75) is 20.8 Å². The number of ether oxygens (including phenoxy) is 3. The Morgan fingerprint density at radius 2 is 1.66 bits per heavy atom. The molecule has 3 aromatic rings. The maximum absolute atomic E-state index is 13.0. The fourth-order valence-electron chi connectivity index (χ4n) is 2.88. The number of aromatic nitrogens is 1. The van der Waals surface area contributed by atoms with Gasteiger partial charge in [-0.2, -0.15) is 4.99 Å². The molecule has 1 aromatic heterocycles. The Balaban J connectivity index is 2.09. The second-order valence-corrected chi connectivity index (χ2v) is 8.00. The van der Waals surface area contributed by atoms with Crippen LogP contribution in [-0.4, -0.2) is 30.3 Å². The summed E-state index contributed by atoms with van der Waals surface area (Å²) in [5, 5.41) is 0. The van der Waals surface area contributed by atoms with Gasteiger partial charge < -0.3 is 18.8 Å². The lowest BCUT2D eigenvalue weighted by Crippen LogP contribution is -2.13. The van der Waals surface area contributed by atoms with Gasteiger partial charge in [0.05, 0.1) is 30.0 Å². The SMILES string of the molecule is CCOc1cc(C(=O)N=c2sc3cc(Br)ccc3n2C)cc(OCC)c1OCC. The van der Waals surface area contributed by atoms with Crippen molar-refractivity contribution >= 4 is 43.4 Å². The number of hydrogen-bond acceptors (Lipinski definition) is 5. The van der Waals surface area contributed by atoms with Crippen LogP contribution in [0.25, 0.3) is 10.2 Å². The van der Waals surface area contributed by atoms with Gasteiger partial charge in [-0.25, -0.2) is 0 Å². The number of hydrogen-bond donors (Lipinski definition) is 0. The number of amides is 1. The molecule has 1 heterocycles. The minimum absolute atomic E-state index is 0.365. The number of halogens is 1. The van der Waals surface area contributed by atoms with Crippen molar-refractivity contribution in [2.24, 2.45) is 12.0 Å². The highest BCUT2D eigenvalue weighted by atomic mass is 79.9. The van der Waals surface area contributed by atoms with E-state index in [2.05, 4.69) is 20.9 Å². The summed E-state index contributed by atoms with van der Waals surface area (Å²) in [5.41, 5.74) is 1.40. The van der Waals surface area contributed by atoms with E-state index in [4.69, 9.17) is 14.2 Å². The van der Waals surface area contributed by atoms with Gasteiger partial charge in [0.1, 0.15) is 0 Å². The van der Waals surface area contributed by atoms with E-state index in [0.29, 0.717) is 47.4 Å². The lowest BCUT2D eigenvalue weighted by Gasteiger charge is -2.16. The van der Waals surface area contributed by atoms with Crippen molar-refractivity contribution in [2.75, 3.05) is 19.8 Å². The fourth-order valence-corrected chi connectivity index (χ4v) is 4.45. The first-order chi connectivity index (χ1) is 14.0. The molecule has 0 atom stereocenters. The van der Waals surface area contributed by atoms with E-state index in [1.54, 1.807) is 12.1 Å². The molecule has 6 nitrogen and oxygen atoms in total. The Hall–Kier alpha value is -2.32. The molecule has 0 unspecified atom stereocenters. The van der Waals surface area contributed by atoms with Crippen LogP contribution in [0, 0.1) is 0 Å². The Kier molecular flexibility index (Phi) is 6.97. The van der Waals surface area contributed by atoms with Crippen LogP contribution in [0.4, 0.5) is 0 Å². The quantitative estimate of drug-likeness (QED) is 0.482. The second-order valence-electron chi connectivity index (χ2n) is 6.07. The first-order valence-electron chi connectivity index (χ1n) is 9.39. The van der Waals surface area contributed by atoms with Gasteiger partial charge in [0, 0.05) is 17.1 Å². The summed E-state index contributed by atoms with van der Waals surface area (Å²) in [7, 11) is 1.90. The van der Waals surface area contributed by atoms with Crippen molar-refractivity contribution in [3.05, 3.63) is 45.2 Å². The molecule has 0 saturated heterocycles. The van der Waals surface area contributed by atoms with Crippen molar-refractivity contribution in [3.8, 4) is 17.2 Å². The molecule has 1 amide bonds. The Labute approximate surface area is 181 Å². The Morgan fingerprint density at radius 1 is 1.03 bits per heavy atom. The average molecular weight is 479 g/mol. The van der Waals surface area contributed by atoms with Crippen LogP contribution in [0.3, 0.4) is 0 Å². The summed E-state index contributed by atoms with van der Waals surface area (Å²) in [6.45, 7) is 7.00. The summed E-state index contributed by atoms with van der Waals surface area (Å²) in [4.78, 5) is 17.9. The Morgan fingerprint density at radius 3 is 2.24 bits per heavy atom. The normalized spacial score (nSPS) is 11.7. The molecule has 154 valence electrons. The van der Waals surface area contributed by atoms with Gasteiger partial charge in [-0.1, -0.05) is 27.3 Å². The third kappa shape index (κ3) is 4.64. The second kappa shape index (κ2) is 9.45. The predicted molar refractivity (Wildman–Crippen MR) is 118 cm³/mol. The molecule has 8 heteroatoms. The van der Waals surface area contributed by atoms with Crippen LogP contribution in [0.5, 0.6) is 17.2 Å². The van der Waals surface area contributed by atoms with E-state index in [0.717, 1.165) is 14.7 Å². The molecule has 0 saturated carbocycles. The minimum Gasteiger partial charge on any atom is -0.490 e. The smallest absolute Gasteiger partial charge is 0.279 e. The zero-order valence-corrected chi connectivity index (χ0v) is 19.2. The number of nitrogens with zero attached hydrogens (tertiary/aromatic N) is 2. The largest absolute Gasteiger partial charge is 0.490 e. The highest BCUT2D eigenvalue weighted by Gasteiger charge is 2.18. The van der Waals surface area contributed by atoms with E-state index in [9.17, 15) is 4.79 Å². The van der Waals surface area contributed by atoms with E-state index in [-0.39, 0.29) is 5.91 Å². The van der Waals surface area contributed by atoms with Gasteiger partial charge in [-0.05, 0) is 51.1 Å². The third-order valence-corrected chi connectivity index (χ3v) is 5.71. The number of aryl methyl sites for hydroxylation is 1. The monoisotopic (exact) mass is 478 g/mol. The molecule has 29 heavy (non-hydrogen) atoms. The van der Waals surface area contributed by atoms with Crippen LogP contribution in [0.2, 0.25) is 0 Å². The molecule has 3 rings (SSSR count). The van der Waals surface area contributed by atoms with Gasteiger partial charge in [0.15, 0.2) is 16.3 Å². The van der Waals surface area contributed by atoms with E-state index in [1.165, 1.54) is 11.3 Å². The number of fused-ring (bicyclic) bond motifs is 1. The lowest BCUT2D eigenvalue weighted by molar-refractivity contribution is 0.0997. The lowest BCUT2D eigenvalue weighted by atomic mass is 10.1. The number of carbonyl (C=O) groups is 1. The zero-order chi connectivity index (χ0) is 21.0. The van der Waals surface area contributed by atoms with Crippen LogP contribution in [-0.2, 0) is 7.05 Å². The molecule has 0 aliphatic rings. The standard InChI is InChI=1S/C21H23BrN2O4S/c1-5-26-16-10-13(11-17(27-6-2)19(16)28-7-3)20(25)23-21-24(4)15-9-8-14(22)12-18(15)29-21/h8-12H,5-7H2,1-4H3. The van der Waals surface area contributed by atoms with Gasteiger partial charge in [0.25, 0.3) is 5.91 Å². The number of benzene rings is 2. The molecule has 0 radical (unpaired) electrons. The molecule has 0 aliphatic heterocycles. The first kappa shape index (κ1) is 21.4. The average Bonchev–Trinajstić information content (AvgIpc) is 2.99. The molecule has 0 N–H and O–H groups in total. The van der Waals surface area contributed by atoms with Crippen LogP contribution >= 0.6 is 27.3 Å². The molecular weight excluding hydrogens is 456 g/mol. The molecule has 0 fully saturated rings. The topological polar surface area (TPSA) is 62.0 Å². The maximum Gasteiger partial charge on any atom is 0.279 e. The first-order valence-corrected chi connectivity index (χ1v) is 11.0. The van der Waals surface area contributed by atoms with Gasteiger partial charge in [0.2, 0.25) is 5.75 Å². The zero-order valence-electron chi connectivity index (χ0n) is 16.8. The number of rotatable bonds is 7. The van der Waals surface area contributed by atoms with E-state index in [1.807, 2.05) is 50.6 Å². The molecule has 0 spiro atoms. The van der Waals surface area contributed by atoms with Crippen molar-refractivity contribution in [1.82, 2.24) is 4.57 Å². The van der Waals surface area contributed by atoms with Crippen molar-refractivity contribution in [3.63, 3.8) is 0 Å². The van der Waals surface area contributed by atoms with Gasteiger partial charge >= 0.3 is 0 Å².